The molecule has 0 aromatic heterocycles. The van der Waals surface area contributed by atoms with Gasteiger partial charge in [-0.2, -0.15) is 0 Å². The maximum atomic E-state index is 13.9. The first-order valence-electron chi connectivity index (χ1n) is 13.4. The molecular formula is C31H36ClN3O4. The van der Waals surface area contributed by atoms with Crippen molar-refractivity contribution in [3.05, 3.63) is 82.9 Å². The number of hydrogen-bond acceptors (Lipinski definition) is 4. The first kappa shape index (κ1) is 28.6. The van der Waals surface area contributed by atoms with Crippen LogP contribution in [0.1, 0.15) is 51.2 Å². The molecule has 1 N–H and O–H groups in total. The Bertz CT molecular complexity index is 1230. The summed E-state index contributed by atoms with van der Waals surface area (Å²) in [5.41, 5.74) is 1.11. The first-order chi connectivity index (χ1) is 18.5. The van der Waals surface area contributed by atoms with E-state index in [1.807, 2.05) is 81.5 Å². The van der Waals surface area contributed by atoms with Crippen LogP contribution in [-0.2, 0) is 32.1 Å². The van der Waals surface area contributed by atoms with Gasteiger partial charge in [0.1, 0.15) is 6.04 Å². The Morgan fingerprint density at radius 2 is 1.56 bits per heavy atom. The van der Waals surface area contributed by atoms with Crippen LogP contribution in [0.4, 0.5) is 0 Å². The van der Waals surface area contributed by atoms with Crippen molar-refractivity contribution >= 4 is 35.2 Å². The molecule has 206 valence electrons. The van der Waals surface area contributed by atoms with E-state index in [4.69, 9.17) is 11.6 Å². The Kier molecular flexibility index (Phi) is 8.90. The molecule has 0 unspecified atom stereocenters. The summed E-state index contributed by atoms with van der Waals surface area (Å²) in [4.78, 5) is 56.3. The first-order valence-corrected chi connectivity index (χ1v) is 13.8. The quantitative estimate of drug-likeness (QED) is 0.367. The lowest BCUT2D eigenvalue weighted by Crippen LogP contribution is -2.54. The molecule has 4 rings (SSSR count). The van der Waals surface area contributed by atoms with Gasteiger partial charge in [-0.15, -0.1) is 0 Å². The largest absolute Gasteiger partial charge is 0.350 e. The van der Waals surface area contributed by atoms with Crippen molar-refractivity contribution < 1.29 is 19.2 Å². The predicted octanol–water partition coefficient (Wildman–Crippen LogP) is 4.54. The number of carbonyl (C=O) groups excluding carboxylic acids is 4. The maximum Gasteiger partial charge on any atom is 0.243 e. The molecule has 0 saturated carbocycles. The molecule has 4 amide bonds. The second kappa shape index (κ2) is 12.2. The minimum Gasteiger partial charge on any atom is -0.350 e. The lowest BCUT2D eigenvalue weighted by molar-refractivity contribution is -0.144. The Morgan fingerprint density at radius 3 is 2.15 bits per heavy atom. The van der Waals surface area contributed by atoms with E-state index < -0.39 is 11.6 Å². The fourth-order valence-electron chi connectivity index (χ4n) is 5.26. The van der Waals surface area contributed by atoms with Crippen LogP contribution in [-0.4, -0.2) is 51.6 Å². The lowest BCUT2D eigenvalue weighted by atomic mass is 9.85. The Hall–Kier alpha value is -3.45. The molecule has 3 atom stereocenters. The summed E-state index contributed by atoms with van der Waals surface area (Å²) in [6.07, 6.45) is 5.19. The number of likely N-dealkylation sites (tertiary alicyclic amines) is 1. The number of allylic oxidation sites excluding steroid dienone is 2. The highest BCUT2D eigenvalue weighted by Gasteiger charge is 2.47. The van der Waals surface area contributed by atoms with Crippen LogP contribution in [0.3, 0.4) is 0 Å². The number of amides is 4. The van der Waals surface area contributed by atoms with Gasteiger partial charge >= 0.3 is 0 Å². The third-order valence-corrected chi connectivity index (χ3v) is 7.58. The van der Waals surface area contributed by atoms with Crippen LogP contribution >= 0.6 is 11.6 Å². The Labute approximate surface area is 235 Å². The normalized spacial score (nSPS) is 19.5. The highest BCUT2D eigenvalue weighted by molar-refractivity contribution is 6.31. The number of fused-ring (bicyclic) bond motifs is 1. The van der Waals surface area contributed by atoms with E-state index in [1.165, 1.54) is 9.80 Å². The van der Waals surface area contributed by atoms with E-state index in [9.17, 15) is 19.2 Å². The van der Waals surface area contributed by atoms with Crippen molar-refractivity contribution in [2.24, 2.45) is 11.8 Å². The molecular weight excluding hydrogens is 514 g/mol. The number of carbonyl (C=O) groups is 4. The number of halogens is 1. The van der Waals surface area contributed by atoms with Gasteiger partial charge in [0, 0.05) is 36.5 Å². The van der Waals surface area contributed by atoms with Crippen LogP contribution in [0.25, 0.3) is 0 Å². The van der Waals surface area contributed by atoms with E-state index in [0.29, 0.717) is 29.8 Å². The number of benzene rings is 2. The summed E-state index contributed by atoms with van der Waals surface area (Å²) < 4.78 is 0. The summed E-state index contributed by atoms with van der Waals surface area (Å²) in [7, 11) is 0. The molecule has 0 bridgehead atoms. The summed E-state index contributed by atoms with van der Waals surface area (Å²) >= 11 is 6.47. The third kappa shape index (κ3) is 6.95. The average molecular weight is 550 g/mol. The van der Waals surface area contributed by atoms with Gasteiger partial charge < -0.3 is 10.2 Å². The zero-order valence-corrected chi connectivity index (χ0v) is 23.5. The van der Waals surface area contributed by atoms with Gasteiger partial charge in [0.25, 0.3) is 0 Å². The van der Waals surface area contributed by atoms with Gasteiger partial charge in [-0.1, -0.05) is 72.3 Å². The van der Waals surface area contributed by atoms with Crippen molar-refractivity contribution in [1.29, 1.82) is 0 Å². The van der Waals surface area contributed by atoms with Gasteiger partial charge in [0.15, 0.2) is 0 Å². The summed E-state index contributed by atoms with van der Waals surface area (Å²) in [6, 6.07) is 15.9. The van der Waals surface area contributed by atoms with Crippen molar-refractivity contribution in [1.82, 2.24) is 15.1 Å². The monoisotopic (exact) mass is 549 g/mol. The van der Waals surface area contributed by atoms with Crippen molar-refractivity contribution in [3.63, 3.8) is 0 Å². The van der Waals surface area contributed by atoms with E-state index in [2.05, 4.69) is 5.32 Å². The molecule has 0 radical (unpaired) electrons. The van der Waals surface area contributed by atoms with Gasteiger partial charge in [-0.25, -0.2) is 0 Å². The van der Waals surface area contributed by atoms with E-state index in [1.54, 1.807) is 6.07 Å². The zero-order chi connectivity index (χ0) is 28.2. The molecule has 39 heavy (non-hydrogen) atoms. The molecule has 1 fully saturated rings. The van der Waals surface area contributed by atoms with Crippen LogP contribution in [0.2, 0.25) is 5.02 Å². The minimum atomic E-state index is -0.827. The lowest BCUT2D eigenvalue weighted by Gasteiger charge is -2.34. The molecule has 2 aromatic carbocycles. The topological polar surface area (TPSA) is 86.8 Å². The van der Waals surface area contributed by atoms with Crippen molar-refractivity contribution in [2.45, 2.75) is 64.6 Å². The molecule has 1 aliphatic heterocycles. The smallest absolute Gasteiger partial charge is 0.243 e. The molecule has 2 aromatic rings. The Morgan fingerprint density at radius 1 is 0.974 bits per heavy atom. The predicted molar refractivity (Wildman–Crippen MR) is 151 cm³/mol. The van der Waals surface area contributed by atoms with Gasteiger partial charge in [-0.05, 0) is 50.8 Å². The van der Waals surface area contributed by atoms with Crippen LogP contribution in [0.15, 0.2) is 66.7 Å². The van der Waals surface area contributed by atoms with E-state index in [0.717, 1.165) is 5.56 Å². The number of rotatable bonds is 9. The summed E-state index contributed by atoms with van der Waals surface area (Å²) in [5, 5.41) is 3.52. The van der Waals surface area contributed by atoms with Crippen molar-refractivity contribution in [3.8, 4) is 0 Å². The third-order valence-electron chi connectivity index (χ3n) is 7.22. The van der Waals surface area contributed by atoms with Gasteiger partial charge in [0.2, 0.25) is 23.6 Å². The number of hydrogen-bond donors (Lipinski definition) is 1. The number of nitrogens with zero attached hydrogens (tertiary/aromatic N) is 2. The number of imide groups is 1. The summed E-state index contributed by atoms with van der Waals surface area (Å²) in [5.74, 6) is -1.73. The standard InChI is InChI=1S/C31H36ClN3O4/c1-31(2,3)33-28(37)26(19-21-11-5-4-6-12-21)35(20-22-13-7-10-16-25(22)32)27(36)17-18-34-29(38)23-14-8-9-15-24(23)30(34)39/h4-13,16,23-24,26H,14-15,17-20H2,1-3H3,(H,33,37)/t23-,24+,26-/m1/s1. The van der Waals surface area contributed by atoms with E-state index in [-0.39, 0.29) is 55.0 Å². The SMILES string of the molecule is CC(C)(C)NC(=O)[C@@H](Cc1ccccc1)N(Cc1ccccc1Cl)C(=O)CCN1C(=O)[C@H]2CC=CC[C@H]2C1=O. The molecule has 2 aliphatic rings. The average Bonchev–Trinajstić information content (AvgIpc) is 3.14. The number of nitrogens with one attached hydrogen (secondary N) is 1. The second-order valence-electron chi connectivity index (χ2n) is 11.3. The highest BCUT2D eigenvalue weighted by Crippen LogP contribution is 2.35. The van der Waals surface area contributed by atoms with Gasteiger partial charge in [0.05, 0.1) is 11.8 Å². The van der Waals surface area contributed by atoms with Gasteiger partial charge in [-0.3, -0.25) is 24.1 Å². The molecule has 1 heterocycles. The van der Waals surface area contributed by atoms with Crippen molar-refractivity contribution in [2.75, 3.05) is 6.54 Å². The van der Waals surface area contributed by atoms with Crippen LogP contribution < -0.4 is 5.32 Å². The fourth-order valence-corrected chi connectivity index (χ4v) is 5.45. The maximum absolute atomic E-state index is 13.9. The molecule has 1 aliphatic carbocycles. The molecule has 7 nitrogen and oxygen atoms in total. The minimum absolute atomic E-state index is 0.0124. The molecule has 1 saturated heterocycles. The molecule has 0 spiro atoms. The fraction of sp³-hybridized carbons (Fsp3) is 0.419. The Balaban J connectivity index is 1.61. The zero-order valence-electron chi connectivity index (χ0n) is 22.7. The summed E-state index contributed by atoms with van der Waals surface area (Å²) in [6.45, 7) is 5.78. The van der Waals surface area contributed by atoms with Crippen LogP contribution in [0.5, 0.6) is 0 Å². The van der Waals surface area contributed by atoms with E-state index >= 15 is 0 Å². The molecule has 8 heteroatoms. The van der Waals surface area contributed by atoms with Crippen LogP contribution in [0, 0.1) is 11.8 Å². The highest BCUT2D eigenvalue weighted by atomic mass is 35.5. The second-order valence-corrected chi connectivity index (χ2v) is 11.7.